The van der Waals surface area contributed by atoms with Gasteiger partial charge < -0.3 is 15.2 Å². The van der Waals surface area contributed by atoms with Gasteiger partial charge in [-0.3, -0.25) is 5.32 Å². The molecule has 2 aromatic carbocycles. The van der Waals surface area contributed by atoms with E-state index >= 15 is 0 Å². The summed E-state index contributed by atoms with van der Waals surface area (Å²) in [4.78, 5) is 0. The van der Waals surface area contributed by atoms with E-state index in [9.17, 15) is 26.3 Å². The number of rotatable bonds is 3. The molecule has 0 unspecified atom stereocenters. The minimum atomic E-state index is -4.44. The number of nitrogens with two attached hydrogens (primary N) is 1. The molecule has 0 aromatic heterocycles. The van der Waals surface area contributed by atoms with Gasteiger partial charge in [-0.1, -0.05) is 12.1 Å². The van der Waals surface area contributed by atoms with E-state index in [1.165, 1.54) is 36.4 Å². The molecule has 3 rings (SSSR count). The first kappa shape index (κ1) is 24.8. The van der Waals surface area contributed by atoms with Crippen LogP contribution in [0.2, 0.25) is 0 Å². The number of hydrogen-bond donors (Lipinski definition) is 2. The predicted molar refractivity (Wildman–Crippen MR) is 99.9 cm³/mol. The largest absolute Gasteiger partial charge is 0.489 e. The number of nitriles is 2. The van der Waals surface area contributed by atoms with Crippen LogP contribution in [0.25, 0.3) is 0 Å². The Morgan fingerprint density at radius 1 is 1.06 bits per heavy atom. The van der Waals surface area contributed by atoms with Gasteiger partial charge in [0, 0.05) is 6.54 Å². The van der Waals surface area contributed by atoms with Gasteiger partial charge in [-0.25, -0.2) is 0 Å². The molecule has 1 aliphatic rings. The van der Waals surface area contributed by atoms with Gasteiger partial charge in [-0.15, -0.1) is 0 Å². The van der Waals surface area contributed by atoms with Crippen molar-refractivity contribution in [1.82, 2.24) is 5.32 Å². The zero-order chi connectivity index (χ0) is 23.9. The highest BCUT2D eigenvalue weighted by Crippen LogP contribution is 2.31. The van der Waals surface area contributed by atoms with Gasteiger partial charge in [0.2, 0.25) is 6.23 Å². The minimum Gasteiger partial charge on any atom is -0.489 e. The monoisotopic (exact) mass is 458 g/mol. The van der Waals surface area contributed by atoms with Crippen molar-refractivity contribution in [2.45, 2.75) is 24.7 Å². The van der Waals surface area contributed by atoms with E-state index in [0.717, 1.165) is 12.1 Å². The zero-order valence-corrected chi connectivity index (χ0v) is 16.2. The Kier molecular flexibility index (Phi) is 7.92. The van der Waals surface area contributed by atoms with Crippen LogP contribution in [0.3, 0.4) is 0 Å². The number of nitrogens with zero attached hydrogens (tertiary/aromatic N) is 2. The van der Waals surface area contributed by atoms with Gasteiger partial charge in [-0.2, -0.15) is 36.9 Å². The molecule has 0 spiro atoms. The van der Waals surface area contributed by atoms with Crippen molar-refractivity contribution in [3.63, 3.8) is 0 Å². The summed E-state index contributed by atoms with van der Waals surface area (Å²) in [6.45, 7) is -0.0178. The maximum atomic E-state index is 12.4. The summed E-state index contributed by atoms with van der Waals surface area (Å²) in [6.07, 6.45) is -11.6. The normalized spacial score (nSPS) is 18.1. The van der Waals surface area contributed by atoms with Crippen LogP contribution in [0.4, 0.5) is 32.0 Å². The first-order valence-electron chi connectivity index (χ1n) is 8.90. The van der Waals surface area contributed by atoms with Crippen molar-refractivity contribution in [2.24, 2.45) is 0 Å². The van der Waals surface area contributed by atoms with Crippen molar-refractivity contribution >= 4 is 5.69 Å². The lowest BCUT2D eigenvalue weighted by molar-refractivity contribution is -0.221. The molecular weight excluding hydrogens is 442 g/mol. The Balaban J connectivity index is 0.000000258. The Bertz CT molecular complexity index is 1010. The summed E-state index contributed by atoms with van der Waals surface area (Å²) in [5.41, 5.74) is 5.07. The van der Waals surface area contributed by atoms with E-state index in [1.807, 2.05) is 6.07 Å². The Morgan fingerprint density at radius 3 is 2.25 bits per heavy atom. The molecule has 0 radical (unpaired) electrons. The van der Waals surface area contributed by atoms with Crippen LogP contribution in [-0.2, 0) is 10.9 Å². The lowest BCUT2D eigenvalue weighted by atomic mass is 10.1. The quantitative estimate of drug-likeness (QED) is 0.533. The number of anilines is 1. The van der Waals surface area contributed by atoms with Gasteiger partial charge in [0.05, 0.1) is 34.5 Å². The highest BCUT2D eigenvalue weighted by molar-refractivity contribution is 5.56. The van der Waals surface area contributed by atoms with E-state index < -0.39 is 30.2 Å². The van der Waals surface area contributed by atoms with Gasteiger partial charge in [0.25, 0.3) is 0 Å². The fourth-order valence-electron chi connectivity index (χ4n) is 2.58. The van der Waals surface area contributed by atoms with E-state index in [-0.39, 0.29) is 24.4 Å². The molecule has 1 heterocycles. The van der Waals surface area contributed by atoms with E-state index in [2.05, 4.69) is 5.32 Å². The Hall–Kier alpha value is -3.48. The summed E-state index contributed by atoms with van der Waals surface area (Å²) in [6, 6.07) is 12.5. The fraction of sp³-hybridized carbons (Fsp3) is 0.300. The van der Waals surface area contributed by atoms with Gasteiger partial charge >= 0.3 is 12.4 Å². The zero-order valence-electron chi connectivity index (χ0n) is 16.2. The van der Waals surface area contributed by atoms with E-state index in [4.69, 9.17) is 25.7 Å². The summed E-state index contributed by atoms with van der Waals surface area (Å²) in [7, 11) is 0. The molecule has 170 valence electrons. The van der Waals surface area contributed by atoms with Crippen LogP contribution in [-0.4, -0.2) is 31.7 Å². The van der Waals surface area contributed by atoms with Gasteiger partial charge in [-0.05, 0) is 30.3 Å². The smallest absolute Gasteiger partial charge is 0.428 e. The molecule has 6 nitrogen and oxygen atoms in total. The SMILES string of the molecule is N#Cc1ccc(OC[C@@H]2CN[C@@H](C(F)(F)F)O2)c(N)c1.N#Cc1ccccc1C(F)(F)F. The van der Waals surface area contributed by atoms with Crippen molar-refractivity contribution in [3.8, 4) is 17.9 Å². The number of ether oxygens (including phenoxy) is 2. The van der Waals surface area contributed by atoms with Crippen LogP contribution in [0.1, 0.15) is 16.7 Å². The molecule has 32 heavy (non-hydrogen) atoms. The van der Waals surface area contributed by atoms with Crippen molar-refractivity contribution in [3.05, 3.63) is 59.2 Å². The second-order valence-electron chi connectivity index (χ2n) is 6.42. The summed E-state index contributed by atoms with van der Waals surface area (Å²) < 4.78 is 83.4. The molecule has 2 atom stereocenters. The van der Waals surface area contributed by atoms with E-state index in [1.54, 1.807) is 0 Å². The van der Waals surface area contributed by atoms with Crippen molar-refractivity contribution < 1.29 is 35.8 Å². The second-order valence-corrected chi connectivity index (χ2v) is 6.42. The van der Waals surface area contributed by atoms with E-state index in [0.29, 0.717) is 11.3 Å². The molecule has 0 amide bonds. The Labute approximate surface area is 178 Å². The van der Waals surface area contributed by atoms with Crippen LogP contribution in [0.5, 0.6) is 5.75 Å². The number of alkyl halides is 6. The standard InChI is InChI=1S/C12H12F3N3O2.C8H4F3N/c13-12(14,15)11-18-5-8(20-11)6-19-10-2-1-7(4-16)3-9(10)17;9-8(10,11)7-4-2-1-3-6(7)5-12/h1-3,8,11,18H,5-6,17H2;1-4H/t8-,11+;/m0./s1. The number of halogens is 6. The molecule has 0 aliphatic carbocycles. The summed E-state index contributed by atoms with van der Waals surface area (Å²) >= 11 is 0. The molecular formula is C20H16F6N4O2. The summed E-state index contributed by atoms with van der Waals surface area (Å²) in [5.74, 6) is 0.308. The van der Waals surface area contributed by atoms with Gasteiger partial charge in [0.1, 0.15) is 18.5 Å². The Morgan fingerprint density at radius 2 is 1.75 bits per heavy atom. The number of hydrogen-bond acceptors (Lipinski definition) is 6. The lowest BCUT2D eigenvalue weighted by Gasteiger charge is -2.16. The number of benzene rings is 2. The van der Waals surface area contributed by atoms with Crippen molar-refractivity contribution in [1.29, 1.82) is 10.5 Å². The lowest BCUT2D eigenvalue weighted by Crippen LogP contribution is -2.38. The molecule has 1 fully saturated rings. The minimum absolute atomic E-state index is 0.0420. The number of nitrogen functional groups attached to an aromatic ring is 1. The third-order valence-corrected chi connectivity index (χ3v) is 4.07. The number of nitrogens with one attached hydrogen (secondary N) is 1. The average Bonchev–Trinajstić information content (AvgIpc) is 3.22. The van der Waals surface area contributed by atoms with Crippen LogP contribution in [0, 0.1) is 22.7 Å². The maximum absolute atomic E-state index is 12.4. The highest BCUT2D eigenvalue weighted by Gasteiger charge is 2.45. The van der Waals surface area contributed by atoms with Crippen molar-refractivity contribution in [2.75, 3.05) is 18.9 Å². The third kappa shape index (κ3) is 6.77. The molecule has 3 N–H and O–H groups in total. The fourth-order valence-corrected chi connectivity index (χ4v) is 2.58. The highest BCUT2D eigenvalue weighted by atomic mass is 19.4. The van der Waals surface area contributed by atoms with Gasteiger partial charge in [0.15, 0.2) is 0 Å². The third-order valence-electron chi connectivity index (χ3n) is 4.07. The molecule has 0 saturated carbocycles. The first-order chi connectivity index (χ1) is 15.0. The van der Waals surface area contributed by atoms with Crippen LogP contribution >= 0.6 is 0 Å². The summed E-state index contributed by atoms with van der Waals surface area (Å²) in [5, 5.41) is 19.2. The second kappa shape index (κ2) is 10.2. The maximum Gasteiger partial charge on any atom is 0.428 e. The average molecular weight is 458 g/mol. The molecule has 1 saturated heterocycles. The molecule has 12 heteroatoms. The van der Waals surface area contributed by atoms with Crippen LogP contribution < -0.4 is 15.8 Å². The molecule has 0 bridgehead atoms. The van der Waals surface area contributed by atoms with Crippen LogP contribution in [0.15, 0.2) is 42.5 Å². The predicted octanol–water partition coefficient (Wildman–Crippen LogP) is 3.97. The molecule has 1 aliphatic heterocycles. The first-order valence-corrected chi connectivity index (χ1v) is 8.90. The molecule has 2 aromatic rings. The topological polar surface area (TPSA) is 104 Å².